The second-order valence-corrected chi connectivity index (χ2v) is 3.23. The van der Waals surface area contributed by atoms with Crippen LogP contribution < -0.4 is 0 Å². The molecule has 0 unspecified atom stereocenters. The molecule has 2 heteroatoms. The minimum absolute atomic E-state index is 1.88. The third kappa shape index (κ3) is 15.2. The van der Waals surface area contributed by atoms with Gasteiger partial charge in [-0.05, 0) is 0 Å². The minimum atomic E-state index is 1.88. The Kier molecular flexibility index (Phi) is 17.3. The summed E-state index contributed by atoms with van der Waals surface area (Å²) >= 11 is 4.12. The fraction of sp³-hybridized carbons (Fsp3) is 0. The molecule has 0 heterocycles. The van der Waals surface area contributed by atoms with E-state index in [0.29, 0.717) is 0 Å². The van der Waals surface area contributed by atoms with Crippen molar-refractivity contribution in [2.45, 2.75) is 0 Å². The van der Waals surface area contributed by atoms with Crippen molar-refractivity contribution in [2.75, 3.05) is 0 Å². The normalized spacial score (nSPS) is 7.55. The zero-order valence-corrected chi connectivity index (χ0v) is 14.8. The Labute approximate surface area is 144 Å². The Bertz CT molecular complexity index is 302. The van der Waals surface area contributed by atoms with Gasteiger partial charge in [0.2, 0.25) is 0 Å². The molecule has 98 valence electrons. The Morgan fingerprint density at radius 1 is 0.400 bits per heavy atom. The first-order chi connectivity index (χ1) is 10.0. The van der Waals surface area contributed by atoms with E-state index in [0.717, 1.165) is 0 Å². The van der Waals surface area contributed by atoms with Crippen molar-refractivity contribution in [3.63, 3.8) is 0 Å². The van der Waals surface area contributed by atoms with Gasteiger partial charge in [-0.3, -0.25) is 0 Å². The van der Waals surface area contributed by atoms with Gasteiger partial charge < -0.3 is 0 Å². The Balaban J connectivity index is 0.000000255. The van der Waals surface area contributed by atoms with Gasteiger partial charge in [0.15, 0.2) is 0 Å². The van der Waals surface area contributed by atoms with Crippen LogP contribution in [0.25, 0.3) is 0 Å². The van der Waals surface area contributed by atoms with Crippen LogP contribution in [0.2, 0.25) is 0 Å². The maximum absolute atomic E-state index is 2.89. The van der Waals surface area contributed by atoms with Gasteiger partial charge >= 0.3 is 35.9 Å². The van der Waals surface area contributed by atoms with E-state index in [4.69, 9.17) is 0 Å². The van der Waals surface area contributed by atoms with E-state index in [1.165, 1.54) is 0 Å². The number of rotatable bonds is 0. The molecular weight excluding hydrogens is 391 g/mol. The molecule has 0 saturated carbocycles. The van der Waals surface area contributed by atoms with Crippen LogP contribution in [0, 0.1) is 18.2 Å². The molecule has 0 aliphatic carbocycles. The maximum Gasteiger partial charge on any atom is -0.171 e. The molecular formula is C18H15ITi. The van der Waals surface area contributed by atoms with E-state index >= 15 is 0 Å². The van der Waals surface area contributed by atoms with E-state index in [1.807, 2.05) is 108 Å². The van der Waals surface area contributed by atoms with Gasteiger partial charge in [-0.1, -0.05) is 0 Å². The molecule has 3 rings (SSSR count). The van der Waals surface area contributed by atoms with E-state index in [-0.39, 0.29) is 0 Å². The SMILES string of the molecule is [Ti+3][I].[c-]1ccccc1.[c-]1ccccc1.[c-]1ccccc1. The topological polar surface area (TPSA) is 0 Å². The zero-order valence-electron chi connectivity index (χ0n) is 11.0. The average Bonchev–Trinajstić information content (AvgIpc) is 2.62. The summed E-state index contributed by atoms with van der Waals surface area (Å²) in [5.41, 5.74) is 0. The van der Waals surface area contributed by atoms with Crippen molar-refractivity contribution in [2.24, 2.45) is 0 Å². The van der Waals surface area contributed by atoms with Gasteiger partial charge in [-0.25, -0.2) is 0 Å². The number of halogens is 1. The Morgan fingerprint density at radius 2 is 0.600 bits per heavy atom. The van der Waals surface area contributed by atoms with Gasteiger partial charge in [0.05, 0.1) is 0 Å². The average molecular weight is 406 g/mol. The number of hydrogen-bond acceptors (Lipinski definition) is 0. The summed E-state index contributed by atoms with van der Waals surface area (Å²) in [6.07, 6.45) is 0. The van der Waals surface area contributed by atoms with Crippen LogP contribution in [0.1, 0.15) is 0 Å². The van der Waals surface area contributed by atoms with Crippen molar-refractivity contribution in [1.82, 2.24) is 0 Å². The first-order valence-corrected chi connectivity index (χ1v) is 11.0. The molecule has 0 spiro atoms. The molecule has 0 atom stereocenters. The van der Waals surface area contributed by atoms with Crippen molar-refractivity contribution in [1.29, 1.82) is 0 Å². The molecule has 20 heavy (non-hydrogen) atoms. The summed E-state index contributed by atoms with van der Waals surface area (Å²) in [4.78, 5) is 0. The zero-order chi connectivity index (χ0) is 14.7. The molecule has 0 aromatic heterocycles. The molecule has 0 amide bonds. The molecule has 3 aromatic carbocycles. The molecule has 0 bridgehead atoms. The van der Waals surface area contributed by atoms with Crippen molar-refractivity contribution in [3.05, 3.63) is 109 Å². The van der Waals surface area contributed by atoms with E-state index in [1.54, 1.807) is 0 Å². The summed E-state index contributed by atoms with van der Waals surface area (Å²) in [7, 11) is 0. The van der Waals surface area contributed by atoms with Crippen LogP contribution in [-0.2, 0) is 16.7 Å². The van der Waals surface area contributed by atoms with Crippen molar-refractivity contribution in [3.8, 4) is 0 Å². The fourth-order valence-electron chi connectivity index (χ4n) is 1.03. The summed E-state index contributed by atoms with van der Waals surface area (Å²) < 4.78 is 0. The molecule has 0 aliphatic rings. The molecule has 0 nitrogen and oxygen atoms in total. The van der Waals surface area contributed by atoms with Gasteiger partial charge in [0.1, 0.15) is 0 Å². The second kappa shape index (κ2) is 18.1. The summed E-state index contributed by atoms with van der Waals surface area (Å²) in [6.45, 7) is 0. The summed E-state index contributed by atoms with van der Waals surface area (Å²) in [5.74, 6) is 0. The van der Waals surface area contributed by atoms with Gasteiger partial charge in [-0.15, -0.1) is 0 Å². The summed E-state index contributed by atoms with van der Waals surface area (Å²) in [6, 6.07) is 37.5. The van der Waals surface area contributed by atoms with Gasteiger partial charge in [0.25, 0.3) is 0 Å². The van der Waals surface area contributed by atoms with Crippen LogP contribution in [-0.4, -0.2) is 0 Å². The van der Waals surface area contributed by atoms with Crippen LogP contribution in [0.15, 0.2) is 91.0 Å². The van der Waals surface area contributed by atoms with Gasteiger partial charge in [0, 0.05) is 0 Å². The molecule has 0 saturated heterocycles. The quantitative estimate of drug-likeness (QED) is 0.269. The maximum atomic E-state index is 2.89. The molecule has 0 radical (unpaired) electrons. The van der Waals surface area contributed by atoms with E-state index in [9.17, 15) is 0 Å². The van der Waals surface area contributed by atoms with E-state index in [2.05, 4.69) is 37.4 Å². The van der Waals surface area contributed by atoms with Crippen LogP contribution in [0.4, 0.5) is 0 Å². The van der Waals surface area contributed by atoms with Crippen LogP contribution in [0.3, 0.4) is 0 Å². The van der Waals surface area contributed by atoms with Gasteiger partial charge in [-0.2, -0.15) is 109 Å². The molecule has 0 fully saturated rings. The predicted molar refractivity (Wildman–Crippen MR) is 89.9 cm³/mol. The van der Waals surface area contributed by atoms with Crippen LogP contribution >= 0.6 is 19.2 Å². The third-order valence-electron chi connectivity index (χ3n) is 1.82. The first-order valence-electron chi connectivity index (χ1n) is 5.92. The summed E-state index contributed by atoms with van der Waals surface area (Å²) in [5, 5.41) is 0. The number of hydrogen-bond donors (Lipinski definition) is 0. The molecule has 0 aliphatic heterocycles. The Morgan fingerprint density at radius 3 is 0.650 bits per heavy atom. The monoisotopic (exact) mass is 406 g/mol. The third-order valence-corrected chi connectivity index (χ3v) is 1.82. The smallest absolute Gasteiger partial charge is 0.171 e. The first kappa shape index (κ1) is 19.1. The molecule has 0 N–H and O–H groups in total. The van der Waals surface area contributed by atoms with E-state index < -0.39 is 0 Å². The second-order valence-electron chi connectivity index (χ2n) is 3.23. The van der Waals surface area contributed by atoms with Crippen molar-refractivity contribution < 1.29 is 16.7 Å². The Hall–Kier alpha value is -0.896. The number of benzene rings is 3. The fourth-order valence-corrected chi connectivity index (χ4v) is 1.03. The predicted octanol–water partition coefficient (Wildman–Crippen LogP) is 5.34. The largest absolute Gasteiger partial charge is 0.184 e. The van der Waals surface area contributed by atoms with Crippen LogP contribution in [0.5, 0.6) is 0 Å². The molecule has 3 aromatic rings. The van der Waals surface area contributed by atoms with Crippen molar-refractivity contribution >= 4 is 19.2 Å². The standard InChI is InChI=1S/3C6H5.HI.Ti/c3*1-2-4-6-5-3-1;;/h3*1-5H;1H;/q3*-1;;+4/p-1. The minimum Gasteiger partial charge on any atom is -0.184 e.